The number of para-hydroxylation sites is 1. The van der Waals surface area contributed by atoms with Gasteiger partial charge in [-0.1, -0.05) is 25.1 Å². The van der Waals surface area contributed by atoms with Gasteiger partial charge in [-0.25, -0.2) is 4.98 Å². The molecule has 0 radical (unpaired) electrons. The van der Waals surface area contributed by atoms with E-state index in [1.165, 1.54) is 0 Å². The van der Waals surface area contributed by atoms with Crippen molar-refractivity contribution in [2.75, 3.05) is 6.54 Å². The minimum Gasteiger partial charge on any atom is -0.358 e. The SMILES string of the molecule is Cc1[nH]c2ccccc2c1C(=O)C(=O)NC[C@H](C)Cn1ccnc1C. The highest BCUT2D eigenvalue weighted by atomic mass is 16.2. The highest BCUT2D eigenvalue weighted by Gasteiger charge is 2.22. The Morgan fingerprint density at radius 1 is 1.28 bits per heavy atom. The fraction of sp³-hybridized carbons (Fsp3) is 0.316. The van der Waals surface area contributed by atoms with Gasteiger partial charge in [0.1, 0.15) is 5.82 Å². The molecule has 0 saturated carbocycles. The largest absolute Gasteiger partial charge is 0.358 e. The predicted molar refractivity (Wildman–Crippen MR) is 96.5 cm³/mol. The van der Waals surface area contributed by atoms with Crippen LogP contribution in [0.5, 0.6) is 0 Å². The monoisotopic (exact) mass is 338 g/mol. The summed E-state index contributed by atoms with van der Waals surface area (Å²) in [7, 11) is 0. The van der Waals surface area contributed by atoms with Crippen LogP contribution in [0.2, 0.25) is 0 Å². The van der Waals surface area contributed by atoms with E-state index in [1.54, 1.807) is 6.20 Å². The quantitative estimate of drug-likeness (QED) is 0.535. The van der Waals surface area contributed by atoms with Crippen molar-refractivity contribution in [3.63, 3.8) is 0 Å². The first-order valence-corrected chi connectivity index (χ1v) is 8.35. The van der Waals surface area contributed by atoms with Crippen molar-refractivity contribution >= 4 is 22.6 Å². The number of benzene rings is 1. The number of hydrogen-bond donors (Lipinski definition) is 2. The summed E-state index contributed by atoms with van der Waals surface area (Å²) in [6, 6.07) is 7.50. The third-order valence-electron chi connectivity index (χ3n) is 4.37. The van der Waals surface area contributed by atoms with E-state index in [-0.39, 0.29) is 5.92 Å². The van der Waals surface area contributed by atoms with Gasteiger partial charge in [-0.15, -0.1) is 0 Å². The highest BCUT2D eigenvalue weighted by Crippen LogP contribution is 2.22. The van der Waals surface area contributed by atoms with E-state index < -0.39 is 11.7 Å². The van der Waals surface area contributed by atoms with Crippen LogP contribution in [0.3, 0.4) is 0 Å². The van der Waals surface area contributed by atoms with Crippen LogP contribution in [0.4, 0.5) is 0 Å². The van der Waals surface area contributed by atoms with Gasteiger partial charge in [0.15, 0.2) is 0 Å². The van der Waals surface area contributed by atoms with Crippen molar-refractivity contribution in [2.45, 2.75) is 27.3 Å². The standard InChI is InChI=1S/C19H22N4O2/c1-12(11-23-9-8-20-14(23)3)10-21-19(25)18(24)17-13(2)22-16-7-5-4-6-15(16)17/h4-9,12,22H,10-11H2,1-3H3,(H,21,25)/t12-/m0/s1. The minimum absolute atomic E-state index is 0.189. The predicted octanol–water partition coefficient (Wildman–Crippen LogP) is 2.62. The Morgan fingerprint density at radius 3 is 2.76 bits per heavy atom. The maximum atomic E-state index is 12.6. The van der Waals surface area contributed by atoms with Gasteiger partial charge in [-0.2, -0.15) is 0 Å². The zero-order chi connectivity index (χ0) is 18.0. The van der Waals surface area contributed by atoms with Crippen molar-refractivity contribution in [3.05, 3.63) is 53.7 Å². The van der Waals surface area contributed by atoms with Gasteiger partial charge < -0.3 is 14.9 Å². The molecule has 0 fully saturated rings. The number of aromatic nitrogens is 3. The van der Waals surface area contributed by atoms with Crippen LogP contribution in [0, 0.1) is 19.8 Å². The second-order valence-corrected chi connectivity index (χ2v) is 6.44. The summed E-state index contributed by atoms with van der Waals surface area (Å²) in [6.07, 6.45) is 3.66. The zero-order valence-corrected chi connectivity index (χ0v) is 14.7. The number of carbonyl (C=O) groups is 2. The van der Waals surface area contributed by atoms with Gasteiger partial charge in [0, 0.05) is 42.1 Å². The van der Waals surface area contributed by atoms with Gasteiger partial charge >= 0.3 is 0 Å². The first-order chi connectivity index (χ1) is 12.0. The number of fused-ring (bicyclic) bond motifs is 1. The van der Waals surface area contributed by atoms with Gasteiger partial charge in [0.2, 0.25) is 0 Å². The van der Waals surface area contributed by atoms with Crippen molar-refractivity contribution in [2.24, 2.45) is 5.92 Å². The summed E-state index contributed by atoms with van der Waals surface area (Å²) in [6.45, 7) is 6.96. The van der Waals surface area contributed by atoms with Crippen LogP contribution < -0.4 is 5.32 Å². The summed E-state index contributed by atoms with van der Waals surface area (Å²) in [5, 5.41) is 3.54. The third kappa shape index (κ3) is 3.47. The lowest BCUT2D eigenvalue weighted by atomic mass is 10.1. The van der Waals surface area contributed by atoms with E-state index in [2.05, 4.69) is 15.3 Å². The third-order valence-corrected chi connectivity index (χ3v) is 4.37. The number of aryl methyl sites for hydroxylation is 2. The highest BCUT2D eigenvalue weighted by molar-refractivity contribution is 6.45. The van der Waals surface area contributed by atoms with E-state index in [4.69, 9.17) is 0 Å². The summed E-state index contributed by atoms with van der Waals surface area (Å²) >= 11 is 0. The Balaban J connectivity index is 1.65. The number of nitrogens with one attached hydrogen (secondary N) is 2. The van der Waals surface area contributed by atoms with Gasteiger partial charge in [0.25, 0.3) is 11.7 Å². The van der Waals surface area contributed by atoms with E-state index in [0.29, 0.717) is 17.8 Å². The number of aromatic amines is 1. The van der Waals surface area contributed by atoms with E-state index in [1.807, 2.05) is 55.8 Å². The first-order valence-electron chi connectivity index (χ1n) is 8.35. The summed E-state index contributed by atoms with van der Waals surface area (Å²) < 4.78 is 2.03. The molecule has 1 amide bonds. The lowest BCUT2D eigenvalue weighted by molar-refractivity contribution is -0.117. The van der Waals surface area contributed by atoms with Crippen LogP contribution >= 0.6 is 0 Å². The van der Waals surface area contributed by atoms with Crippen molar-refractivity contribution in [1.82, 2.24) is 19.9 Å². The topological polar surface area (TPSA) is 79.8 Å². The molecule has 6 heteroatoms. The van der Waals surface area contributed by atoms with Crippen molar-refractivity contribution < 1.29 is 9.59 Å². The van der Waals surface area contributed by atoms with Crippen molar-refractivity contribution in [3.8, 4) is 0 Å². The number of nitrogens with zero attached hydrogens (tertiary/aromatic N) is 2. The molecule has 0 aliphatic rings. The Morgan fingerprint density at radius 2 is 2.04 bits per heavy atom. The Labute approximate surface area is 146 Å². The maximum absolute atomic E-state index is 12.6. The van der Waals surface area contributed by atoms with Gasteiger partial charge in [-0.3, -0.25) is 9.59 Å². The number of rotatable bonds is 6. The second-order valence-electron chi connectivity index (χ2n) is 6.44. The zero-order valence-electron chi connectivity index (χ0n) is 14.7. The molecule has 0 bridgehead atoms. The second kappa shape index (κ2) is 6.93. The lowest BCUT2D eigenvalue weighted by Crippen LogP contribution is -2.35. The van der Waals surface area contributed by atoms with E-state index >= 15 is 0 Å². The number of Topliss-reactive ketones (excluding diaryl/α,β-unsaturated/α-hetero) is 1. The molecule has 2 N–H and O–H groups in total. The van der Waals surface area contributed by atoms with Crippen LogP contribution in [-0.4, -0.2) is 32.8 Å². The Bertz CT molecular complexity index is 923. The number of H-pyrrole nitrogens is 1. The van der Waals surface area contributed by atoms with E-state index in [9.17, 15) is 9.59 Å². The average Bonchev–Trinajstić information content (AvgIpc) is 3.14. The maximum Gasteiger partial charge on any atom is 0.292 e. The minimum atomic E-state index is -0.568. The summed E-state index contributed by atoms with van der Waals surface area (Å²) in [5.74, 6) is 0.0559. The first kappa shape index (κ1) is 17.0. The summed E-state index contributed by atoms with van der Waals surface area (Å²) in [4.78, 5) is 32.2. The molecular formula is C19H22N4O2. The molecule has 1 atom stereocenters. The fourth-order valence-corrected chi connectivity index (χ4v) is 3.03. The number of hydrogen-bond acceptors (Lipinski definition) is 3. The molecular weight excluding hydrogens is 316 g/mol. The molecule has 25 heavy (non-hydrogen) atoms. The average molecular weight is 338 g/mol. The molecule has 3 rings (SSSR count). The molecule has 2 heterocycles. The molecule has 3 aromatic rings. The molecule has 1 aromatic carbocycles. The van der Waals surface area contributed by atoms with Crippen LogP contribution in [0.25, 0.3) is 10.9 Å². The molecule has 0 aliphatic carbocycles. The lowest BCUT2D eigenvalue weighted by Gasteiger charge is -2.14. The van der Waals surface area contributed by atoms with Gasteiger partial charge in [-0.05, 0) is 25.8 Å². The number of imidazole rings is 1. The normalized spacial score (nSPS) is 12.3. The van der Waals surface area contributed by atoms with E-state index in [0.717, 1.165) is 23.3 Å². The molecule has 130 valence electrons. The smallest absolute Gasteiger partial charge is 0.292 e. The molecule has 2 aromatic heterocycles. The Kier molecular flexibility index (Phi) is 4.70. The van der Waals surface area contributed by atoms with Crippen molar-refractivity contribution in [1.29, 1.82) is 0 Å². The molecule has 0 spiro atoms. The van der Waals surface area contributed by atoms with Crippen LogP contribution in [0.1, 0.15) is 28.8 Å². The molecule has 0 aliphatic heterocycles. The fourth-order valence-electron chi connectivity index (χ4n) is 3.03. The number of amides is 1. The van der Waals surface area contributed by atoms with Crippen LogP contribution in [0.15, 0.2) is 36.7 Å². The molecule has 6 nitrogen and oxygen atoms in total. The number of carbonyl (C=O) groups excluding carboxylic acids is 2. The van der Waals surface area contributed by atoms with Crippen LogP contribution in [-0.2, 0) is 11.3 Å². The molecule has 0 unspecified atom stereocenters. The number of ketones is 1. The van der Waals surface area contributed by atoms with Gasteiger partial charge in [0.05, 0.1) is 5.56 Å². The molecule has 0 saturated heterocycles. The summed E-state index contributed by atoms with van der Waals surface area (Å²) in [5.41, 5.74) is 2.02. The Hall–Kier alpha value is -2.89.